The Morgan fingerprint density at radius 3 is 2.52 bits per heavy atom. The average molecular weight is 421 g/mol. The first-order valence-electron chi connectivity index (χ1n) is 10.6. The Labute approximate surface area is 174 Å². The normalized spacial score (nSPS) is 31.7. The molecule has 1 unspecified atom stereocenters. The smallest absolute Gasteiger partial charge is 0.251 e. The number of fused-ring (bicyclic) bond motifs is 2. The summed E-state index contributed by atoms with van der Waals surface area (Å²) in [5.41, 5.74) is 1.23. The van der Waals surface area contributed by atoms with Crippen LogP contribution < -0.4 is 5.32 Å². The number of morpholine rings is 1. The summed E-state index contributed by atoms with van der Waals surface area (Å²) in [6, 6.07) is 5.10. The molecule has 2 saturated carbocycles. The van der Waals surface area contributed by atoms with Crippen molar-refractivity contribution in [3.63, 3.8) is 0 Å². The summed E-state index contributed by atoms with van der Waals surface area (Å²) in [7, 11) is -3.65. The second-order valence-corrected chi connectivity index (χ2v) is 11.7. The number of carbonyl (C=O) groups excluding carboxylic acids is 1. The SMILES string of the molecule is Cc1ccc(C(=O)N[C@H]2C3(C)CC[C@H](C3)C2(C)C)cc1S(=O)(=O)N1CCOCC1. The van der Waals surface area contributed by atoms with Gasteiger partial charge in [-0.2, -0.15) is 4.31 Å². The van der Waals surface area contributed by atoms with Crippen LogP contribution in [0, 0.1) is 23.7 Å². The van der Waals surface area contributed by atoms with Gasteiger partial charge >= 0.3 is 0 Å². The molecule has 3 atom stereocenters. The molecule has 4 rings (SSSR count). The van der Waals surface area contributed by atoms with Crippen molar-refractivity contribution in [1.82, 2.24) is 9.62 Å². The molecule has 1 saturated heterocycles. The van der Waals surface area contributed by atoms with Crippen molar-refractivity contribution in [1.29, 1.82) is 0 Å². The number of hydrogen-bond donors (Lipinski definition) is 1. The maximum absolute atomic E-state index is 13.1. The van der Waals surface area contributed by atoms with E-state index in [0.717, 1.165) is 12.8 Å². The molecule has 0 spiro atoms. The lowest BCUT2D eigenvalue weighted by Gasteiger charge is -2.43. The van der Waals surface area contributed by atoms with Gasteiger partial charge in [-0.15, -0.1) is 0 Å². The largest absolute Gasteiger partial charge is 0.379 e. The third-order valence-electron chi connectivity index (χ3n) is 7.58. The highest BCUT2D eigenvalue weighted by atomic mass is 32.2. The van der Waals surface area contributed by atoms with Gasteiger partial charge in [0.1, 0.15) is 0 Å². The minimum absolute atomic E-state index is 0.0517. The van der Waals surface area contributed by atoms with Crippen LogP contribution in [0.4, 0.5) is 0 Å². The number of carbonyl (C=O) groups is 1. The van der Waals surface area contributed by atoms with E-state index in [1.165, 1.54) is 16.8 Å². The Morgan fingerprint density at radius 2 is 1.90 bits per heavy atom. The number of nitrogens with zero attached hydrogens (tertiary/aromatic N) is 1. The number of ether oxygens (including phenoxy) is 1. The van der Waals surface area contributed by atoms with E-state index in [-0.39, 0.29) is 27.7 Å². The summed E-state index contributed by atoms with van der Waals surface area (Å²) in [5.74, 6) is 0.448. The molecule has 0 aromatic heterocycles. The summed E-state index contributed by atoms with van der Waals surface area (Å²) in [4.78, 5) is 13.3. The molecule has 1 aromatic rings. The van der Waals surface area contributed by atoms with Gasteiger partial charge < -0.3 is 10.1 Å². The average Bonchev–Trinajstić information content (AvgIpc) is 3.17. The van der Waals surface area contributed by atoms with Gasteiger partial charge in [-0.05, 0) is 60.6 Å². The fourth-order valence-corrected chi connectivity index (χ4v) is 7.48. The number of amides is 1. The standard InChI is InChI=1S/C22H32N2O4S/c1-15-5-6-16(13-18(15)29(26,27)24-9-11-28-12-10-24)19(25)23-20-21(2,3)17-7-8-22(20,4)14-17/h5-6,13,17,20H,7-12,14H2,1-4H3,(H,23,25)/t17-,20-,22?/m1/s1. The van der Waals surface area contributed by atoms with E-state index in [0.29, 0.717) is 43.3 Å². The van der Waals surface area contributed by atoms with Gasteiger partial charge in [0, 0.05) is 24.7 Å². The highest BCUT2D eigenvalue weighted by molar-refractivity contribution is 7.89. The Kier molecular flexibility index (Phi) is 5.07. The number of hydrogen-bond acceptors (Lipinski definition) is 4. The third-order valence-corrected chi connectivity index (χ3v) is 9.62. The lowest BCUT2D eigenvalue weighted by atomic mass is 9.68. The van der Waals surface area contributed by atoms with Gasteiger partial charge in [-0.1, -0.05) is 26.8 Å². The van der Waals surface area contributed by atoms with Crippen molar-refractivity contribution >= 4 is 15.9 Å². The molecule has 6 nitrogen and oxygen atoms in total. The van der Waals surface area contributed by atoms with Crippen molar-refractivity contribution in [2.45, 2.75) is 57.9 Å². The Hall–Kier alpha value is -1.44. The highest BCUT2D eigenvalue weighted by Crippen LogP contribution is 2.62. The summed E-state index contributed by atoms with van der Waals surface area (Å²) < 4.78 is 33.0. The van der Waals surface area contributed by atoms with E-state index in [1.54, 1.807) is 19.1 Å². The number of rotatable bonds is 4. The zero-order valence-corrected chi connectivity index (χ0v) is 18.6. The van der Waals surface area contributed by atoms with Crippen molar-refractivity contribution in [3.05, 3.63) is 29.3 Å². The van der Waals surface area contributed by atoms with Crippen LogP contribution in [0.5, 0.6) is 0 Å². The van der Waals surface area contributed by atoms with E-state index < -0.39 is 10.0 Å². The van der Waals surface area contributed by atoms with E-state index >= 15 is 0 Å². The monoisotopic (exact) mass is 420 g/mol. The first kappa shape index (κ1) is 20.8. The van der Waals surface area contributed by atoms with Crippen LogP contribution in [0.15, 0.2) is 23.1 Å². The Morgan fingerprint density at radius 1 is 1.21 bits per heavy atom. The van der Waals surface area contributed by atoms with Gasteiger partial charge in [0.15, 0.2) is 0 Å². The molecule has 0 radical (unpaired) electrons. The molecule has 1 N–H and O–H groups in total. The first-order valence-corrected chi connectivity index (χ1v) is 12.0. The van der Waals surface area contributed by atoms with Crippen LogP contribution >= 0.6 is 0 Å². The molecule has 160 valence electrons. The van der Waals surface area contributed by atoms with Crippen LogP contribution in [-0.4, -0.2) is 51.0 Å². The van der Waals surface area contributed by atoms with Crippen molar-refractivity contribution in [2.24, 2.45) is 16.7 Å². The molecular weight excluding hydrogens is 388 g/mol. The lowest BCUT2D eigenvalue weighted by Crippen LogP contribution is -2.52. The van der Waals surface area contributed by atoms with Gasteiger partial charge in [0.05, 0.1) is 18.1 Å². The quantitative estimate of drug-likeness (QED) is 0.813. The van der Waals surface area contributed by atoms with Gasteiger partial charge in [-0.3, -0.25) is 4.79 Å². The summed E-state index contributed by atoms with van der Waals surface area (Å²) in [5, 5.41) is 3.27. The zero-order chi connectivity index (χ0) is 21.0. The summed E-state index contributed by atoms with van der Waals surface area (Å²) in [6.07, 6.45) is 3.51. The molecule has 3 aliphatic rings. The van der Waals surface area contributed by atoms with E-state index in [1.807, 2.05) is 0 Å². The molecule has 1 aliphatic heterocycles. The van der Waals surface area contributed by atoms with Gasteiger partial charge in [0.2, 0.25) is 10.0 Å². The van der Waals surface area contributed by atoms with E-state index in [4.69, 9.17) is 4.74 Å². The Balaban J connectivity index is 1.60. The van der Waals surface area contributed by atoms with Crippen LogP contribution in [0.2, 0.25) is 0 Å². The molecule has 1 heterocycles. The fourth-order valence-electron chi connectivity index (χ4n) is 5.82. The van der Waals surface area contributed by atoms with E-state index in [9.17, 15) is 13.2 Å². The molecular formula is C22H32N2O4S. The number of benzene rings is 1. The van der Waals surface area contributed by atoms with Crippen LogP contribution in [0.1, 0.15) is 56.0 Å². The number of nitrogens with one attached hydrogen (secondary N) is 1. The zero-order valence-electron chi connectivity index (χ0n) is 17.8. The molecule has 3 fully saturated rings. The third kappa shape index (κ3) is 3.41. The van der Waals surface area contributed by atoms with E-state index in [2.05, 4.69) is 26.1 Å². The summed E-state index contributed by atoms with van der Waals surface area (Å²) in [6.45, 7) is 10.0. The van der Waals surface area contributed by atoms with Crippen LogP contribution in [0.25, 0.3) is 0 Å². The highest BCUT2D eigenvalue weighted by Gasteiger charge is 2.59. The predicted octanol–water partition coefficient (Wildman–Crippen LogP) is 2.96. The van der Waals surface area contributed by atoms with Crippen molar-refractivity contribution in [3.8, 4) is 0 Å². The maximum Gasteiger partial charge on any atom is 0.251 e. The second-order valence-electron chi connectivity index (χ2n) is 9.82. The molecule has 29 heavy (non-hydrogen) atoms. The van der Waals surface area contributed by atoms with Crippen LogP contribution in [-0.2, 0) is 14.8 Å². The van der Waals surface area contributed by atoms with Gasteiger partial charge in [-0.25, -0.2) is 8.42 Å². The minimum Gasteiger partial charge on any atom is -0.379 e. The van der Waals surface area contributed by atoms with Crippen molar-refractivity contribution in [2.75, 3.05) is 26.3 Å². The first-order chi connectivity index (χ1) is 13.6. The molecule has 2 bridgehead atoms. The minimum atomic E-state index is -3.65. The fraction of sp³-hybridized carbons (Fsp3) is 0.682. The molecule has 1 aromatic carbocycles. The maximum atomic E-state index is 13.1. The topological polar surface area (TPSA) is 75.7 Å². The van der Waals surface area contributed by atoms with Crippen molar-refractivity contribution < 1.29 is 17.9 Å². The summed E-state index contributed by atoms with van der Waals surface area (Å²) >= 11 is 0. The van der Waals surface area contributed by atoms with Crippen LogP contribution in [0.3, 0.4) is 0 Å². The second kappa shape index (κ2) is 7.06. The molecule has 7 heteroatoms. The Bertz CT molecular complexity index is 916. The molecule has 2 aliphatic carbocycles. The molecule has 1 amide bonds. The predicted molar refractivity (Wildman–Crippen MR) is 111 cm³/mol. The number of aryl methyl sites for hydroxylation is 1. The lowest BCUT2D eigenvalue weighted by molar-refractivity contribution is 0.0728. The van der Waals surface area contributed by atoms with Gasteiger partial charge in [0.25, 0.3) is 5.91 Å². The number of sulfonamides is 1.